The summed E-state index contributed by atoms with van der Waals surface area (Å²) >= 11 is 0. The number of esters is 2. The molecular weight excluding hydrogens is 789 g/mol. The highest BCUT2D eigenvalue weighted by atomic mass is 16.6. The van der Waals surface area contributed by atoms with Gasteiger partial charge in [-0.15, -0.1) is 0 Å². The highest BCUT2D eigenvalue weighted by Crippen LogP contribution is 2.16. The minimum absolute atomic E-state index is 0.0592. The maximum atomic E-state index is 12.8. The minimum Gasteiger partial charge on any atom is -0.462 e. The molecule has 0 aliphatic rings. The van der Waals surface area contributed by atoms with Crippen LogP contribution in [-0.2, 0) is 23.8 Å². The molecule has 0 fully saturated rings. The molecule has 0 aliphatic carbocycles. The summed E-state index contributed by atoms with van der Waals surface area (Å²) in [7, 11) is 0. The first kappa shape index (κ1) is 61.1. The van der Waals surface area contributed by atoms with Gasteiger partial charge in [-0.25, -0.2) is 0 Å². The summed E-state index contributed by atoms with van der Waals surface area (Å²) < 4.78 is 17.4. The maximum Gasteiger partial charge on any atom is 0.306 e. The molecular formula is C59H102O5. The number of carbonyl (C=O) groups is 2. The van der Waals surface area contributed by atoms with E-state index in [2.05, 4.69) is 106 Å². The Labute approximate surface area is 397 Å². The van der Waals surface area contributed by atoms with E-state index in [0.717, 1.165) is 109 Å². The van der Waals surface area contributed by atoms with Crippen LogP contribution in [0.25, 0.3) is 0 Å². The fraction of sp³-hybridized carbons (Fsp3) is 0.729. The molecule has 0 saturated carbocycles. The van der Waals surface area contributed by atoms with Gasteiger partial charge in [0.15, 0.2) is 6.10 Å². The van der Waals surface area contributed by atoms with Gasteiger partial charge in [-0.3, -0.25) is 9.59 Å². The summed E-state index contributed by atoms with van der Waals surface area (Å²) in [6.45, 7) is 7.52. The second-order valence-electron chi connectivity index (χ2n) is 17.7. The molecule has 0 heterocycles. The zero-order chi connectivity index (χ0) is 46.3. The van der Waals surface area contributed by atoms with Gasteiger partial charge in [0.2, 0.25) is 0 Å². The van der Waals surface area contributed by atoms with Gasteiger partial charge in [0.05, 0.1) is 6.61 Å². The number of hydrogen-bond acceptors (Lipinski definition) is 5. The van der Waals surface area contributed by atoms with Gasteiger partial charge in [0.25, 0.3) is 0 Å². The minimum atomic E-state index is -0.570. The summed E-state index contributed by atoms with van der Waals surface area (Å²) in [6, 6.07) is 0. The van der Waals surface area contributed by atoms with E-state index >= 15 is 0 Å². The van der Waals surface area contributed by atoms with E-state index in [-0.39, 0.29) is 25.2 Å². The Kier molecular flexibility index (Phi) is 51.9. The van der Waals surface area contributed by atoms with Crippen molar-refractivity contribution in [2.45, 2.75) is 258 Å². The average molecular weight is 891 g/mol. The van der Waals surface area contributed by atoms with Crippen molar-refractivity contribution in [2.75, 3.05) is 19.8 Å². The van der Waals surface area contributed by atoms with Gasteiger partial charge in [0, 0.05) is 19.4 Å². The van der Waals surface area contributed by atoms with Gasteiger partial charge in [-0.1, -0.05) is 234 Å². The van der Waals surface area contributed by atoms with Gasteiger partial charge < -0.3 is 14.2 Å². The number of ether oxygens (including phenoxy) is 3. The van der Waals surface area contributed by atoms with E-state index in [4.69, 9.17) is 14.2 Å². The monoisotopic (exact) mass is 891 g/mol. The van der Waals surface area contributed by atoms with Crippen molar-refractivity contribution in [3.8, 4) is 0 Å². The Morgan fingerprint density at radius 3 is 1.12 bits per heavy atom. The van der Waals surface area contributed by atoms with Crippen molar-refractivity contribution in [1.82, 2.24) is 0 Å². The zero-order valence-corrected chi connectivity index (χ0v) is 42.3. The van der Waals surface area contributed by atoms with Gasteiger partial charge >= 0.3 is 11.9 Å². The molecule has 0 N–H and O–H groups in total. The van der Waals surface area contributed by atoms with E-state index < -0.39 is 6.10 Å². The van der Waals surface area contributed by atoms with Crippen molar-refractivity contribution < 1.29 is 23.8 Å². The molecule has 0 amide bonds. The Balaban J connectivity index is 4.30. The molecule has 0 aliphatic heterocycles. The molecule has 5 heteroatoms. The van der Waals surface area contributed by atoms with Crippen LogP contribution in [-0.4, -0.2) is 37.9 Å². The highest BCUT2D eigenvalue weighted by molar-refractivity contribution is 5.70. The number of hydrogen-bond donors (Lipinski definition) is 0. The van der Waals surface area contributed by atoms with Crippen molar-refractivity contribution in [3.63, 3.8) is 0 Å². The van der Waals surface area contributed by atoms with Gasteiger partial charge in [-0.05, 0) is 89.9 Å². The van der Waals surface area contributed by atoms with Crippen molar-refractivity contribution in [1.29, 1.82) is 0 Å². The van der Waals surface area contributed by atoms with E-state index in [1.165, 1.54) is 109 Å². The molecule has 5 nitrogen and oxygen atoms in total. The van der Waals surface area contributed by atoms with Gasteiger partial charge in [0.1, 0.15) is 6.61 Å². The van der Waals surface area contributed by atoms with Crippen LogP contribution < -0.4 is 0 Å². The van der Waals surface area contributed by atoms with Crippen LogP contribution in [0.15, 0.2) is 85.1 Å². The molecule has 1 atom stereocenters. The molecule has 0 aromatic carbocycles. The first-order valence-corrected chi connectivity index (χ1v) is 27.1. The summed E-state index contributed by atoms with van der Waals surface area (Å²) in [5.41, 5.74) is 0. The average Bonchev–Trinajstić information content (AvgIpc) is 3.30. The lowest BCUT2D eigenvalue weighted by Gasteiger charge is -2.18. The number of carbonyl (C=O) groups excluding carboxylic acids is 2. The van der Waals surface area contributed by atoms with Crippen LogP contribution >= 0.6 is 0 Å². The topological polar surface area (TPSA) is 61.8 Å². The molecule has 1 unspecified atom stereocenters. The normalized spacial score (nSPS) is 12.9. The third kappa shape index (κ3) is 51.7. The molecule has 0 radical (unpaired) electrons. The van der Waals surface area contributed by atoms with Crippen molar-refractivity contribution in [2.24, 2.45) is 0 Å². The Bertz CT molecular complexity index is 1190. The SMILES string of the molecule is CC/C=C\C/C=C\C/C=C\C/C=C\CCCCCOCC(COC(=O)CCCCCCCCCCCCCCCCCCCCC)OC(=O)CCCCC/C=C\C/C=C\C/C=C\CC. The van der Waals surface area contributed by atoms with Crippen LogP contribution in [0.1, 0.15) is 252 Å². The van der Waals surface area contributed by atoms with Crippen LogP contribution in [0.5, 0.6) is 0 Å². The third-order valence-electron chi connectivity index (χ3n) is 11.4. The number of unbranched alkanes of at least 4 members (excludes halogenated alkanes) is 24. The fourth-order valence-corrected chi connectivity index (χ4v) is 7.46. The summed E-state index contributed by atoms with van der Waals surface area (Å²) in [4.78, 5) is 25.4. The smallest absolute Gasteiger partial charge is 0.306 e. The Morgan fingerprint density at radius 2 is 0.703 bits per heavy atom. The van der Waals surface area contributed by atoms with Gasteiger partial charge in [-0.2, -0.15) is 0 Å². The van der Waals surface area contributed by atoms with Crippen LogP contribution in [0.3, 0.4) is 0 Å². The predicted octanol–water partition coefficient (Wildman–Crippen LogP) is 18.5. The molecule has 0 rings (SSSR count). The molecule has 368 valence electrons. The summed E-state index contributed by atoms with van der Waals surface area (Å²) in [5.74, 6) is -0.445. The molecule has 64 heavy (non-hydrogen) atoms. The lowest BCUT2D eigenvalue weighted by atomic mass is 10.0. The van der Waals surface area contributed by atoms with E-state index in [1.807, 2.05) is 0 Å². The lowest BCUT2D eigenvalue weighted by Crippen LogP contribution is -2.30. The van der Waals surface area contributed by atoms with Crippen molar-refractivity contribution in [3.05, 3.63) is 85.1 Å². The van der Waals surface area contributed by atoms with E-state index in [9.17, 15) is 9.59 Å². The standard InChI is InChI=1S/C59H102O5/c1-4-7-10-13-16-19-22-25-27-29-30-31-32-35-37-40-43-46-49-52-58(60)63-56-57(64-59(61)53-50-47-44-41-38-34-24-21-18-15-12-9-6-3)55-62-54-51-48-45-42-39-36-33-28-26-23-20-17-14-11-8-5-2/h8-9,11-12,17-18,20-21,26,28,34,36,38-39,57H,4-7,10,13-16,19,22-25,27,29-33,35,37,40-56H2,1-3H3/b11-8-,12-9-,20-17-,21-18-,28-26-,38-34-,39-36-. The summed E-state index contributed by atoms with van der Waals surface area (Å²) in [5, 5.41) is 0. The second kappa shape index (κ2) is 54.4. The molecule has 0 bridgehead atoms. The van der Waals surface area contributed by atoms with Crippen LogP contribution in [0.2, 0.25) is 0 Å². The van der Waals surface area contributed by atoms with Crippen LogP contribution in [0.4, 0.5) is 0 Å². The second-order valence-corrected chi connectivity index (χ2v) is 17.7. The Hall–Kier alpha value is -2.92. The largest absolute Gasteiger partial charge is 0.462 e. The maximum absolute atomic E-state index is 12.8. The molecule has 0 aromatic heterocycles. The number of allylic oxidation sites excluding steroid dienone is 14. The van der Waals surface area contributed by atoms with E-state index in [1.54, 1.807) is 0 Å². The third-order valence-corrected chi connectivity index (χ3v) is 11.4. The molecule has 0 spiro atoms. The quantitative estimate of drug-likeness (QED) is 0.0346. The molecule has 0 aromatic rings. The van der Waals surface area contributed by atoms with Crippen LogP contribution in [0, 0.1) is 0 Å². The zero-order valence-electron chi connectivity index (χ0n) is 42.3. The number of rotatable bonds is 49. The Morgan fingerprint density at radius 1 is 0.359 bits per heavy atom. The predicted molar refractivity (Wildman–Crippen MR) is 279 cm³/mol. The van der Waals surface area contributed by atoms with E-state index in [0.29, 0.717) is 19.4 Å². The first-order chi connectivity index (χ1) is 31.6. The highest BCUT2D eigenvalue weighted by Gasteiger charge is 2.17. The lowest BCUT2D eigenvalue weighted by molar-refractivity contribution is -0.163. The molecule has 0 saturated heterocycles. The fourth-order valence-electron chi connectivity index (χ4n) is 7.46. The van der Waals surface area contributed by atoms with Crippen molar-refractivity contribution >= 4 is 11.9 Å². The summed E-state index contributed by atoms with van der Waals surface area (Å²) in [6.07, 6.45) is 71.8. The first-order valence-electron chi connectivity index (χ1n) is 27.1.